The number of carboxylic acids is 1. The number of aliphatic carboxylic acids is 1. The Kier molecular flexibility index (Phi) is 5.25. The van der Waals surface area contributed by atoms with E-state index in [1.165, 1.54) is 0 Å². The van der Waals surface area contributed by atoms with Crippen molar-refractivity contribution in [3.05, 3.63) is 60.7 Å². The quantitative estimate of drug-likeness (QED) is 0.756. The average Bonchev–Trinajstić information content (AvgIpc) is 3.00. The number of imidazole rings is 1. The fourth-order valence-electron chi connectivity index (χ4n) is 1.97. The van der Waals surface area contributed by atoms with E-state index in [0.29, 0.717) is 6.54 Å². The Hall–Kier alpha value is -2.44. The van der Waals surface area contributed by atoms with Crippen molar-refractivity contribution in [2.24, 2.45) is 5.90 Å². The predicted molar refractivity (Wildman–Crippen MR) is 78.0 cm³/mol. The first-order valence-corrected chi connectivity index (χ1v) is 6.49. The molecule has 0 fully saturated rings. The molecule has 1 heterocycles. The van der Waals surface area contributed by atoms with Crippen molar-refractivity contribution in [1.29, 1.82) is 0 Å². The fourth-order valence-corrected chi connectivity index (χ4v) is 1.97. The van der Waals surface area contributed by atoms with E-state index in [4.69, 9.17) is 11.0 Å². The summed E-state index contributed by atoms with van der Waals surface area (Å²) in [5.74, 6) is 3.93. The molecule has 0 aliphatic carbocycles. The van der Waals surface area contributed by atoms with Gasteiger partial charge in [0.2, 0.25) is 0 Å². The molecule has 1 atom stereocenters. The molecule has 1 unspecified atom stereocenters. The van der Waals surface area contributed by atoms with Crippen LogP contribution in [0.3, 0.4) is 0 Å². The van der Waals surface area contributed by atoms with Gasteiger partial charge in [-0.05, 0) is 11.1 Å². The van der Waals surface area contributed by atoms with Crippen LogP contribution >= 0.6 is 0 Å². The number of nitrogens with zero attached hydrogens (tertiary/aromatic N) is 2. The molecule has 0 spiro atoms. The van der Waals surface area contributed by atoms with Gasteiger partial charge in [0, 0.05) is 25.4 Å². The zero-order valence-corrected chi connectivity index (χ0v) is 11.4. The Morgan fingerprint density at radius 2 is 2.19 bits per heavy atom. The number of rotatable bonds is 7. The maximum absolute atomic E-state index is 10.9. The summed E-state index contributed by atoms with van der Waals surface area (Å²) in [6.07, 6.45) is 6.25. The first-order chi connectivity index (χ1) is 10.2. The molecule has 0 saturated carbocycles. The van der Waals surface area contributed by atoms with Crippen molar-refractivity contribution in [2.75, 3.05) is 0 Å². The first kappa shape index (κ1) is 15.0. The van der Waals surface area contributed by atoms with Crippen molar-refractivity contribution in [3.8, 4) is 0 Å². The predicted octanol–water partition coefficient (Wildman–Crippen LogP) is 1.70. The molecule has 2 rings (SSSR count). The number of carbonyl (C=O) groups is 1. The molecular weight excluding hydrogens is 270 g/mol. The van der Waals surface area contributed by atoms with Gasteiger partial charge in [0.15, 0.2) is 6.10 Å². The zero-order valence-electron chi connectivity index (χ0n) is 11.4. The highest BCUT2D eigenvalue weighted by Gasteiger charge is 2.16. The second-order valence-corrected chi connectivity index (χ2v) is 4.53. The zero-order chi connectivity index (χ0) is 15.1. The second-order valence-electron chi connectivity index (χ2n) is 4.53. The molecule has 0 radical (unpaired) electrons. The maximum atomic E-state index is 10.9. The monoisotopic (exact) mass is 287 g/mol. The van der Waals surface area contributed by atoms with Gasteiger partial charge in [-0.15, -0.1) is 0 Å². The van der Waals surface area contributed by atoms with Gasteiger partial charge >= 0.3 is 5.97 Å². The van der Waals surface area contributed by atoms with Crippen LogP contribution in [0.5, 0.6) is 0 Å². The largest absolute Gasteiger partial charge is 0.479 e. The lowest BCUT2D eigenvalue weighted by Crippen LogP contribution is -2.26. The summed E-state index contributed by atoms with van der Waals surface area (Å²) in [7, 11) is 0. The number of aromatic nitrogens is 2. The highest BCUT2D eigenvalue weighted by atomic mass is 16.6. The number of hydrogen-bond donors (Lipinski definition) is 2. The minimum absolute atomic E-state index is 0.199. The fraction of sp³-hybridized carbons (Fsp3) is 0.200. The SMILES string of the molecule is NOC(C/C=C(/Cn1ccnc1)c1ccccc1)C(=O)O. The molecule has 21 heavy (non-hydrogen) atoms. The van der Waals surface area contributed by atoms with Gasteiger partial charge in [0.05, 0.1) is 6.33 Å². The molecule has 1 aromatic carbocycles. The Labute approximate surface area is 122 Å². The second kappa shape index (κ2) is 7.37. The molecule has 110 valence electrons. The van der Waals surface area contributed by atoms with Crippen LogP contribution < -0.4 is 5.90 Å². The summed E-state index contributed by atoms with van der Waals surface area (Å²) in [6, 6.07) is 9.75. The highest BCUT2D eigenvalue weighted by molar-refractivity contribution is 5.73. The molecule has 0 bridgehead atoms. The minimum atomic E-state index is -1.08. The van der Waals surface area contributed by atoms with Crippen LogP contribution in [-0.2, 0) is 16.2 Å². The lowest BCUT2D eigenvalue weighted by Gasteiger charge is -2.11. The van der Waals surface area contributed by atoms with Gasteiger partial charge < -0.3 is 9.67 Å². The van der Waals surface area contributed by atoms with Gasteiger partial charge in [-0.2, -0.15) is 0 Å². The highest BCUT2D eigenvalue weighted by Crippen LogP contribution is 2.18. The van der Waals surface area contributed by atoms with Crippen LogP contribution in [-0.4, -0.2) is 26.7 Å². The third-order valence-corrected chi connectivity index (χ3v) is 3.07. The summed E-state index contributed by atoms with van der Waals surface area (Å²) < 4.78 is 1.91. The third-order valence-electron chi connectivity index (χ3n) is 3.07. The summed E-state index contributed by atoms with van der Waals surface area (Å²) in [5, 5.41) is 8.96. The number of benzene rings is 1. The van der Waals surface area contributed by atoms with Crippen molar-refractivity contribution in [2.45, 2.75) is 19.1 Å². The molecular formula is C15H17N3O3. The summed E-state index contributed by atoms with van der Waals surface area (Å²) in [4.78, 5) is 19.4. The van der Waals surface area contributed by atoms with E-state index in [-0.39, 0.29) is 6.42 Å². The molecule has 3 N–H and O–H groups in total. The number of hydrogen-bond acceptors (Lipinski definition) is 4. The van der Waals surface area contributed by atoms with Gasteiger partial charge in [0.25, 0.3) is 0 Å². The van der Waals surface area contributed by atoms with E-state index in [1.54, 1.807) is 12.5 Å². The molecule has 2 aromatic rings. The van der Waals surface area contributed by atoms with Gasteiger partial charge in [-0.3, -0.25) is 4.84 Å². The van der Waals surface area contributed by atoms with Crippen LogP contribution in [0, 0.1) is 0 Å². The van der Waals surface area contributed by atoms with Gasteiger partial charge in [0.1, 0.15) is 0 Å². The van der Waals surface area contributed by atoms with E-state index in [2.05, 4.69) is 9.82 Å². The third kappa shape index (κ3) is 4.27. The van der Waals surface area contributed by atoms with Crippen LogP contribution in [0.25, 0.3) is 5.57 Å². The first-order valence-electron chi connectivity index (χ1n) is 6.49. The molecule has 6 heteroatoms. The van der Waals surface area contributed by atoms with E-state index >= 15 is 0 Å². The molecule has 0 amide bonds. The normalized spacial score (nSPS) is 13.1. The van der Waals surface area contributed by atoms with Gasteiger partial charge in [-0.1, -0.05) is 36.4 Å². The maximum Gasteiger partial charge on any atom is 0.335 e. The lowest BCUT2D eigenvalue weighted by atomic mass is 10.0. The van der Waals surface area contributed by atoms with Gasteiger partial charge in [-0.25, -0.2) is 15.7 Å². The number of carboxylic acid groups (broad SMARTS) is 1. The Bertz CT molecular complexity index is 594. The van der Waals surface area contributed by atoms with E-state index in [0.717, 1.165) is 11.1 Å². The summed E-state index contributed by atoms with van der Waals surface area (Å²) in [5.41, 5.74) is 2.00. The Balaban J connectivity index is 2.21. The standard InChI is InChI=1S/C15H17N3O3/c16-21-14(15(19)20)7-6-13(10-18-9-8-17-11-18)12-4-2-1-3-5-12/h1-6,8-9,11,14H,7,10,16H2,(H,19,20)/b13-6-. The average molecular weight is 287 g/mol. The van der Waals surface area contributed by atoms with Crippen LogP contribution in [0.2, 0.25) is 0 Å². The van der Waals surface area contributed by atoms with Crippen molar-refractivity contribution < 1.29 is 14.7 Å². The van der Waals surface area contributed by atoms with Crippen molar-refractivity contribution >= 4 is 11.5 Å². The molecule has 0 aliphatic rings. The number of nitrogens with two attached hydrogens (primary N) is 1. The van der Waals surface area contributed by atoms with Crippen LogP contribution in [0.4, 0.5) is 0 Å². The van der Waals surface area contributed by atoms with E-state index in [1.807, 2.05) is 47.2 Å². The van der Waals surface area contributed by atoms with Crippen LogP contribution in [0.15, 0.2) is 55.1 Å². The Morgan fingerprint density at radius 3 is 2.76 bits per heavy atom. The van der Waals surface area contributed by atoms with E-state index < -0.39 is 12.1 Å². The summed E-state index contributed by atoms with van der Waals surface area (Å²) >= 11 is 0. The van der Waals surface area contributed by atoms with Crippen molar-refractivity contribution in [3.63, 3.8) is 0 Å². The minimum Gasteiger partial charge on any atom is -0.479 e. The Morgan fingerprint density at radius 1 is 1.43 bits per heavy atom. The molecule has 1 aromatic heterocycles. The molecule has 0 aliphatic heterocycles. The molecule has 0 saturated heterocycles. The topological polar surface area (TPSA) is 90.4 Å². The lowest BCUT2D eigenvalue weighted by molar-refractivity contribution is -0.150. The van der Waals surface area contributed by atoms with E-state index in [9.17, 15) is 4.79 Å². The molecule has 6 nitrogen and oxygen atoms in total. The number of allylic oxidation sites excluding steroid dienone is 1. The smallest absolute Gasteiger partial charge is 0.335 e. The van der Waals surface area contributed by atoms with Crippen LogP contribution in [0.1, 0.15) is 12.0 Å². The summed E-state index contributed by atoms with van der Waals surface area (Å²) in [6.45, 7) is 0.598. The van der Waals surface area contributed by atoms with Crippen molar-refractivity contribution in [1.82, 2.24) is 9.55 Å².